The predicted octanol–water partition coefficient (Wildman–Crippen LogP) is 0.389. The third-order valence-corrected chi connectivity index (χ3v) is 5.96. The normalized spacial score (nSPS) is 20.4. The van der Waals surface area contributed by atoms with Crippen LogP contribution in [0.5, 0.6) is 0 Å². The fourth-order valence-corrected chi connectivity index (χ4v) is 4.60. The molecule has 2 N–H and O–H groups in total. The highest BCUT2D eigenvalue weighted by Gasteiger charge is 2.34. The lowest BCUT2D eigenvalue weighted by Gasteiger charge is -2.22. The number of aromatic nitrogens is 3. The quantitative estimate of drug-likeness (QED) is 0.885. The highest BCUT2D eigenvalue weighted by Crippen LogP contribution is 2.27. The fourth-order valence-electron chi connectivity index (χ4n) is 2.93. The first kappa shape index (κ1) is 14.4. The van der Waals surface area contributed by atoms with Crippen LogP contribution in [-0.4, -0.2) is 46.6 Å². The lowest BCUT2D eigenvalue weighted by molar-refractivity contribution is 0.393. The lowest BCUT2D eigenvalue weighted by Crippen LogP contribution is -2.39. The number of hydrogen-bond donors (Lipinski definition) is 1. The number of rotatable bonds is 3. The standard InChI is InChI=1S/C13H19N5O2S/c1-9-12-6-11(8-15-13(12)17(2)16-9)21(19,20)18-5-3-4-10(18)7-14/h6,8,10H,3-5,7,14H2,1-2H3. The summed E-state index contributed by atoms with van der Waals surface area (Å²) >= 11 is 0. The molecular weight excluding hydrogens is 290 g/mol. The minimum atomic E-state index is -3.55. The molecule has 3 heterocycles. The van der Waals surface area contributed by atoms with Crippen molar-refractivity contribution in [3.05, 3.63) is 18.0 Å². The minimum absolute atomic E-state index is 0.110. The molecule has 2 aromatic heterocycles. The molecule has 7 nitrogen and oxygen atoms in total. The van der Waals surface area contributed by atoms with E-state index in [1.807, 2.05) is 6.92 Å². The molecule has 0 aromatic carbocycles. The molecule has 1 unspecified atom stereocenters. The molecule has 0 radical (unpaired) electrons. The van der Waals surface area contributed by atoms with Gasteiger partial charge in [0, 0.05) is 37.8 Å². The van der Waals surface area contributed by atoms with Crippen molar-refractivity contribution in [2.24, 2.45) is 12.8 Å². The zero-order valence-electron chi connectivity index (χ0n) is 12.2. The summed E-state index contributed by atoms with van der Waals surface area (Å²) in [5, 5.41) is 5.03. The predicted molar refractivity (Wildman–Crippen MR) is 79.2 cm³/mol. The van der Waals surface area contributed by atoms with E-state index in [-0.39, 0.29) is 10.9 Å². The van der Waals surface area contributed by atoms with Crippen LogP contribution in [0.25, 0.3) is 11.0 Å². The average molecular weight is 309 g/mol. The van der Waals surface area contributed by atoms with Crippen molar-refractivity contribution in [2.75, 3.05) is 13.1 Å². The lowest BCUT2D eigenvalue weighted by atomic mass is 10.2. The van der Waals surface area contributed by atoms with E-state index >= 15 is 0 Å². The molecule has 2 aromatic rings. The Morgan fingerprint density at radius 1 is 1.48 bits per heavy atom. The first-order valence-electron chi connectivity index (χ1n) is 6.96. The summed E-state index contributed by atoms with van der Waals surface area (Å²) < 4.78 is 28.7. The van der Waals surface area contributed by atoms with Crippen LogP contribution in [0.1, 0.15) is 18.5 Å². The monoisotopic (exact) mass is 309 g/mol. The van der Waals surface area contributed by atoms with E-state index in [0.29, 0.717) is 18.7 Å². The molecule has 0 bridgehead atoms. The Morgan fingerprint density at radius 2 is 2.24 bits per heavy atom. The second-order valence-corrected chi connectivity index (χ2v) is 7.29. The molecule has 1 atom stereocenters. The SMILES string of the molecule is Cc1nn(C)c2ncc(S(=O)(=O)N3CCCC3CN)cc12. The molecule has 1 aliphatic rings. The van der Waals surface area contributed by atoms with Gasteiger partial charge in [0.15, 0.2) is 5.65 Å². The van der Waals surface area contributed by atoms with Gasteiger partial charge in [0.2, 0.25) is 10.0 Å². The number of hydrogen-bond acceptors (Lipinski definition) is 5. The van der Waals surface area contributed by atoms with Crippen LogP contribution in [-0.2, 0) is 17.1 Å². The Kier molecular flexibility index (Phi) is 3.46. The smallest absolute Gasteiger partial charge is 0.244 e. The van der Waals surface area contributed by atoms with Gasteiger partial charge in [-0.15, -0.1) is 0 Å². The van der Waals surface area contributed by atoms with Crippen molar-refractivity contribution in [3.63, 3.8) is 0 Å². The number of nitrogens with zero attached hydrogens (tertiary/aromatic N) is 4. The van der Waals surface area contributed by atoms with Crippen LogP contribution in [0.3, 0.4) is 0 Å². The summed E-state index contributed by atoms with van der Waals surface area (Å²) in [4.78, 5) is 4.47. The third kappa shape index (κ3) is 2.23. The third-order valence-electron chi connectivity index (χ3n) is 4.04. The van der Waals surface area contributed by atoms with Gasteiger partial charge < -0.3 is 5.73 Å². The van der Waals surface area contributed by atoms with Crippen molar-refractivity contribution in [2.45, 2.75) is 30.7 Å². The van der Waals surface area contributed by atoms with E-state index in [4.69, 9.17) is 5.73 Å². The molecule has 0 saturated carbocycles. The second kappa shape index (κ2) is 5.04. The second-order valence-electron chi connectivity index (χ2n) is 5.40. The Balaban J connectivity index is 2.09. The van der Waals surface area contributed by atoms with Crippen LogP contribution in [0.4, 0.5) is 0 Å². The molecule has 0 spiro atoms. The Hall–Kier alpha value is -1.51. The molecule has 0 aliphatic carbocycles. The Bertz CT molecular complexity index is 783. The number of pyridine rings is 1. The van der Waals surface area contributed by atoms with E-state index < -0.39 is 10.0 Å². The molecule has 21 heavy (non-hydrogen) atoms. The van der Waals surface area contributed by atoms with Crippen LogP contribution in [0, 0.1) is 6.92 Å². The summed E-state index contributed by atoms with van der Waals surface area (Å²) in [6.45, 7) is 2.72. The van der Waals surface area contributed by atoms with Crippen molar-refractivity contribution >= 4 is 21.1 Å². The van der Waals surface area contributed by atoms with E-state index in [1.165, 1.54) is 10.5 Å². The summed E-state index contributed by atoms with van der Waals surface area (Å²) in [6, 6.07) is 1.55. The van der Waals surface area contributed by atoms with Gasteiger partial charge in [-0.2, -0.15) is 9.40 Å². The average Bonchev–Trinajstić information content (AvgIpc) is 3.04. The highest BCUT2D eigenvalue weighted by molar-refractivity contribution is 7.89. The summed E-state index contributed by atoms with van der Waals surface area (Å²) in [6.07, 6.45) is 3.07. The molecule has 0 amide bonds. The van der Waals surface area contributed by atoms with Crippen molar-refractivity contribution in [3.8, 4) is 0 Å². The highest BCUT2D eigenvalue weighted by atomic mass is 32.2. The summed E-state index contributed by atoms with van der Waals surface area (Å²) in [5.74, 6) is 0. The molecule has 1 saturated heterocycles. The Morgan fingerprint density at radius 3 is 2.95 bits per heavy atom. The van der Waals surface area contributed by atoms with E-state index in [0.717, 1.165) is 23.9 Å². The van der Waals surface area contributed by atoms with Crippen LogP contribution >= 0.6 is 0 Å². The van der Waals surface area contributed by atoms with Gasteiger partial charge in [0.05, 0.1) is 5.69 Å². The topological polar surface area (TPSA) is 94.1 Å². The van der Waals surface area contributed by atoms with E-state index in [2.05, 4.69) is 10.1 Å². The number of nitrogens with two attached hydrogens (primary N) is 1. The summed E-state index contributed by atoms with van der Waals surface area (Å²) in [5.41, 5.74) is 7.14. The van der Waals surface area contributed by atoms with Crippen LogP contribution < -0.4 is 5.73 Å². The molecule has 3 rings (SSSR count). The van der Waals surface area contributed by atoms with Gasteiger partial charge in [-0.25, -0.2) is 13.4 Å². The maximum atomic E-state index is 12.8. The number of sulfonamides is 1. The number of aryl methyl sites for hydroxylation is 2. The molecule has 114 valence electrons. The first-order chi connectivity index (χ1) is 9.95. The van der Waals surface area contributed by atoms with Gasteiger partial charge in [-0.05, 0) is 25.8 Å². The summed E-state index contributed by atoms with van der Waals surface area (Å²) in [7, 11) is -1.75. The zero-order chi connectivity index (χ0) is 15.2. The first-order valence-corrected chi connectivity index (χ1v) is 8.40. The molecule has 1 fully saturated rings. The largest absolute Gasteiger partial charge is 0.329 e. The van der Waals surface area contributed by atoms with Crippen molar-refractivity contribution in [1.29, 1.82) is 0 Å². The maximum absolute atomic E-state index is 12.8. The Labute approximate surface area is 123 Å². The van der Waals surface area contributed by atoms with Gasteiger partial charge in [-0.1, -0.05) is 0 Å². The van der Waals surface area contributed by atoms with Crippen molar-refractivity contribution in [1.82, 2.24) is 19.1 Å². The maximum Gasteiger partial charge on any atom is 0.244 e. The fraction of sp³-hybridized carbons (Fsp3) is 0.538. The van der Waals surface area contributed by atoms with Crippen LogP contribution in [0.15, 0.2) is 17.2 Å². The molecule has 1 aliphatic heterocycles. The minimum Gasteiger partial charge on any atom is -0.329 e. The molecule has 8 heteroatoms. The van der Waals surface area contributed by atoms with E-state index in [9.17, 15) is 8.42 Å². The van der Waals surface area contributed by atoms with Gasteiger partial charge in [0.25, 0.3) is 0 Å². The molecular formula is C13H19N5O2S. The van der Waals surface area contributed by atoms with Crippen molar-refractivity contribution < 1.29 is 8.42 Å². The zero-order valence-corrected chi connectivity index (χ0v) is 13.0. The van der Waals surface area contributed by atoms with Gasteiger partial charge in [0.1, 0.15) is 4.90 Å². The van der Waals surface area contributed by atoms with Gasteiger partial charge in [-0.3, -0.25) is 4.68 Å². The number of fused-ring (bicyclic) bond motifs is 1. The van der Waals surface area contributed by atoms with Gasteiger partial charge >= 0.3 is 0 Å². The van der Waals surface area contributed by atoms with Crippen LogP contribution in [0.2, 0.25) is 0 Å². The van der Waals surface area contributed by atoms with E-state index in [1.54, 1.807) is 17.8 Å².